The highest BCUT2D eigenvalue weighted by Crippen LogP contribution is 2.28. The van der Waals surface area contributed by atoms with E-state index in [1.165, 1.54) is 6.07 Å². The van der Waals surface area contributed by atoms with Gasteiger partial charge < -0.3 is 5.11 Å². The third-order valence-electron chi connectivity index (χ3n) is 4.57. The van der Waals surface area contributed by atoms with Crippen LogP contribution in [0.1, 0.15) is 32.9 Å². The molecule has 28 heavy (non-hydrogen) atoms. The molecule has 0 radical (unpaired) electrons. The highest BCUT2D eigenvalue weighted by Gasteiger charge is 2.24. The third kappa shape index (κ3) is 3.50. The van der Waals surface area contributed by atoms with Crippen molar-refractivity contribution in [2.24, 2.45) is 0 Å². The van der Waals surface area contributed by atoms with Crippen molar-refractivity contribution >= 4 is 21.7 Å². The van der Waals surface area contributed by atoms with Crippen LogP contribution in [0.4, 0.5) is 5.69 Å². The van der Waals surface area contributed by atoms with Crippen molar-refractivity contribution in [2.75, 3.05) is 4.72 Å². The maximum absolute atomic E-state index is 13.0. The van der Waals surface area contributed by atoms with E-state index in [-0.39, 0.29) is 10.5 Å². The molecule has 3 rings (SSSR count). The second-order valence-electron chi connectivity index (χ2n) is 6.64. The summed E-state index contributed by atoms with van der Waals surface area (Å²) < 4.78 is 30.3. The summed E-state index contributed by atoms with van der Waals surface area (Å²) in [4.78, 5) is 11.3. The van der Waals surface area contributed by atoms with E-state index in [2.05, 4.69) is 9.82 Å². The van der Waals surface area contributed by atoms with Crippen LogP contribution in [0, 0.1) is 27.7 Å². The zero-order valence-corrected chi connectivity index (χ0v) is 16.8. The summed E-state index contributed by atoms with van der Waals surface area (Å²) in [6.07, 6.45) is 0. The lowest BCUT2D eigenvalue weighted by atomic mass is 10.1. The molecule has 0 atom stereocenters. The SMILES string of the molecule is Cc1cc(C)c(S(=O)(=O)Nc2c(C)nn(-c3ccccc3)c2C)cc1C(=O)O. The molecule has 0 amide bonds. The number of nitrogens with zero attached hydrogens (tertiary/aromatic N) is 2. The average molecular weight is 399 g/mol. The second kappa shape index (κ2) is 7.12. The predicted molar refractivity (Wildman–Crippen MR) is 107 cm³/mol. The van der Waals surface area contributed by atoms with Crippen molar-refractivity contribution in [1.82, 2.24) is 9.78 Å². The highest BCUT2D eigenvalue weighted by molar-refractivity contribution is 7.92. The third-order valence-corrected chi connectivity index (χ3v) is 6.06. The van der Waals surface area contributed by atoms with E-state index < -0.39 is 16.0 Å². The van der Waals surface area contributed by atoms with Gasteiger partial charge in [-0.25, -0.2) is 17.9 Å². The van der Waals surface area contributed by atoms with E-state index >= 15 is 0 Å². The first-order valence-electron chi connectivity index (χ1n) is 8.61. The molecule has 0 aliphatic rings. The summed E-state index contributed by atoms with van der Waals surface area (Å²) in [5.41, 5.74) is 3.28. The van der Waals surface area contributed by atoms with Crippen molar-refractivity contribution in [1.29, 1.82) is 0 Å². The molecule has 0 saturated heterocycles. The molecule has 1 heterocycles. The Hall–Kier alpha value is -3.13. The number of rotatable bonds is 5. The molecule has 8 heteroatoms. The summed E-state index contributed by atoms with van der Waals surface area (Å²) in [5.74, 6) is -1.17. The van der Waals surface area contributed by atoms with Gasteiger partial charge in [0.05, 0.1) is 33.2 Å². The number of hydrogen-bond acceptors (Lipinski definition) is 4. The lowest BCUT2D eigenvalue weighted by Gasteiger charge is -2.13. The van der Waals surface area contributed by atoms with E-state index in [0.717, 1.165) is 5.69 Å². The molecule has 0 aliphatic heterocycles. The van der Waals surface area contributed by atoms with Crippen LogP contribution >= 0.6 is 0 Å². The zero-order valence-electron chi connectivity index (χ0n) is 16.0. The predicted octanol–water partition coefficient (Wildman–Crippen LogP) is 3.60. The number of aromatic nitrogens is 2. The van der Waals surface area contributed by atoms with Gasteiger partial charge in [-0.2, -0.15) is 5.10 Å². The topological polar surface area (TPSA) is 101 Å². The molecule has 0 aliphatic carbocycles. The summed E-state index contributed by atoms with van der Waals surface area (Å²) in [7, 11) is -4.00. The lowest BCUT2D eigenvalue weighted by Crippen LogP contribution is -2.17. The first kappa shape index (κ1) is 19.6. The van der Waals surface area contributed by atoms with E-state index in [1.807, 2.05) is 30.3 Å². The van der Waals surface area contributed by atoms with Crippen molar-refractivity contribution in [3.8, 4) is 5.69 Å². The van der Waals surface area contributed by atoms with Crippen LogP contribution in [0.15, 0.2) is 47.4 Å². The minimum atomic E-state index is -4.00. The summed E-state index contributed by atoms with van der Waals surface area (Å²) >= 11 is 0. The second-order valence-corrected chi connectivity index (χ2v) is 8.29. The van der Waals surface area contributed by atoms with E-state index in [0.29, 0.717) is 28.2 Å². The van der Waals surface area contributed by atoms with Crippen LogP contribution in [0.2, 0.25) is 0 Å². The Morgan fingerprint density at radius 2 is 1.68 bits per heavy atom. The molecule has 2 N–H and O–H groups in total. The molecule has 146 valence electrons. The molecule has 0 saturated carbocycles. The molecule has 0 unspecified atom stereocenters. The Balaban J connectivity index is 2.06. The molecule has 7 nitrogen and oxygen atoms in total. The van der Waals surface area contributed by atoms with Crippen LogP contribution in [0.25, 0.3) is 5.69 Å². The number of carboxylic acids is 1. The normalized spacial score (nSPS) is 11.4. The van der Waals surface area contributed by atoms with Crippen molar-refractivity contribution in [2.45, 2.75) is 32.6 Å². The van der Waals surface area contributed by atoms with Gasteiger partial charge in [0.15, 0.2) is 0 Å². The van der Waals surface area contributed by atoms with Crippen LogP contribution < -0.4 is 4.72 Å². The summed E-state index contributed by atoms with van der Waals surface area (Å²) in [5, 5.41) is 13.8. The first-order chi connectivity index (χ1) is 13.1. The summed E-state index contributed by atoms with van der Waals surface area (Å²) in [6.45, 7) is 6.77. The average Bonchev–Trinajstić information content (AvgIpc) is 2.89. The van der Waals surface area contributed by atoms with E-state index in [9.17, 15) is 18.3 Å². The van der Waals surface area contributed by atoms with Gasteiger partial charge in [-0.05, 0) is 57.0 Å². The Morgan fingerprint density at radius 1 is 1.04 bits per heavy atom. The zero-order chi connectivity index (χ0) is 20.6. The largest absolute Gasteiger partial charge is 0.478 e. The maximum Gasteiger partial charge on any atom is 0.335 e. The number of hydrogen-bond donors (Lipinski definition) is 2. The lowest BCUT2D eigenvalue weighted by molar-refractivity contribution is 0.0696. The molecular formula is C20H21N3O4S. The minimum Gasteiger partial charge on any atom is -0.478 e. The maximum atomic E-state index is 13.0. The standard InChI is InChI=1S/C20H21N3O4S/c1-12-10-13(2)18(11-17(12)20(24)25)28(26,27)22-19-14(3)21-23(15(19)4)16-8-6-5-7-9-16/h5-11,22H,1-4H3,(H,24,25). The number of carboxylic acid groups (broad SMARTS) is 1. The number of anilines is 1. The first-order valence-corrected chi connectivity index (χ1v) is 10.1. The van der Waals surface area contributed by atoms with Gasteiger partial charge in [0.25, 0.3) is 10.0 Å². The van der Waals surface area contributed by atoms with Crippen LogP contribution in [0.3, 0.4) is 0 Å². The van der Waals surface area contributed by atoms with Crippen molar-refractivity contribution in [3.63, 3.8) is 0 Å². The molecule has 1 aromatic heterocycles. The van der Waals surface area contributed by atoms with Crippen LogP contribution in [-0.2, 0) is 10.0 Å². The number of aryl methyl sites for hydroxylation is 3. The molecule has 0 spiro atoms. The van der Waals surface area contributed by atoms with Gasteiger partial charge in [-0.1, -0.05) is 24.3 Å². The fourth-order valence-electron chi connectivity index (χ4n) is 3.15. The van der Waals surface area contributed by atoms with Gasteiger partial charge in [0.1, 0.15) is 0 Å². The number of aromatic carboxylic acids is 1. The number of carbonyl (C=O) groups is 1. The smallest absolute Gasteiger partial charge is 0.335 e. The number of para-hydroxylation sites is 1. The van der Waals surface area contributed by atoms with Gasteiger partial charge >= 0.3 is 5.97 Å². The monoisotopic (exact) mass is 399 g/mol. The fraction of sp³-hybridized carbons (Fsp3) is 0.200. The van der Waals surface area contributed by atoms with Crippen LogP contribution in [-0.4, -0.2) is 29.3 Å². The Kier molecular flexibility index (Phi) is 4.99. The number of nitrogens with one attached hydrogen (secondary N) is 1. The highest BCUT2D eigenvalue weighted by atomic mass is 32.2. The fourth-order valence-corrected chi connectivity index (χ4v) is 4.58. The van der Waals surface area contributed by atoms with Gasteiger partial charge in [-0.3, -0.25) is 4.72 Å². The molecule has 0 fully saturated rings. The summed E-state index contributed by atoms with van der Waals surface area (Å²) in [6, 6.07) is 12.1. The van der Waals surface area contributed by atoms with E-state index in [1.54, 1.807) is 38.4 Å². The minimum absolute atomic E-state index is 0.0422. The number of benzene rings is 2. The molecule has 2 aromatic carbocycles. The Bertz CT molecular complexity index is 1170. The van der Waals surface area contributed by atoms with Crippen molar-refractivity contribution in [3.05, 3.63) is 70.5 Å². The Morgan fingerprint density at radius 3 is 2.29 bits per heavy atom. The van der Waals surface area contributed by atoms with E-state index in [4.69, 9.17) is 0 Å². The van der Waals surface area contributed by atoms with Crippen LogP contribution in [0.5, 0.6) is 0 Å². The van der Waals surface area contributed by atoms with Gasteiger partial charge in [0.2, 0.25) is 0 Å². The quantitative estimate of drug-likeness (QED) is 0.682. The molecule has 0 bridgehead atoms. The van der Waals surface area contributed by atoms with Gasteiger partial charge in [0, 0.05) is 0 Å². The Labute approximate surface area is 163 Å². The number of sulfonamides is 1. The molecular weight excluding hydrogens is 378 g/mol. The molecule has 3 aromatic rings. The van der Waals surface area contributed by atoms with Crippen molar-refractivity contribution < 1.29 is 18.3 Å². The van der Waals surface area contributed by atoms with Gasteiger partial charge in [-0.15, -0.1) is 0 Å².